The Balaban J connectivity index is 1.57. The molecule has 3 heterocycles. The molecule has 156 valence electrons. The molecule has 4 rings (SSSR count). The first-order valence-electron chi connectivity index (χ1n) is 9.14. The Morgan fingerprint density at radius 1 is 1.24 bits per heavy atom. The van der Waals surface area contributed by atoms with Crippen molar-refractivity contribution in [2.75, 3.05) is 13.1 Å². The number of nitrogens with one attached hydrogen (secondary N) is 2. The zero-order chi connectivity index (χ0) is 20.8. The van der Waals surface area contributed by atoms with E-state index in [1.165, 1.54) is 6.20 Å². The number of amides is 1. The van der Waals surface area contributed by atoms with Gasteiger partial charge in [-0.15, -0.1) is 0 Å². The predicted molar refractivity (Wildman–Crippen MR) is 103 cm³/mol. The number of benzene rings is 1. The van der Waals surface area contributed by atoms with Gasteiger partial charge in [-0.1, -0.05) is 12.1 Å². The third-order valence-corrected chi connectivity index (χ3v) is 5.99. The molecule has 10 nitrogen and oxygen atoms in total. The van der Waals surface area contributed by atoms with Crippen molar-refractivity contribution in [2.45, 2.75) is 31.0 Å². The number of epoxide rings is 1. The van der Waals surface area contributed by atoms with Crippen LogP contribution < -0.4 is 15.8 Å². The van der Waals surface area contributed by atoms with Crippen LogP contribution in [0, 0.1) is 0 Å². The summed E-state index contributed by atoms with van der Waals surface area (Å²) in [4.78, 5) is 12.5. The maximum Gasteiger partial charge on any atom is 0.302 e. The molecule has 2 saturated heterocycles. The number of aliphatic hydroxyl groups excluding tert-OH is 2. The minimum atomic E-state index is -4.06. The Labute approximate surface area is 167 Å². The Hall–Kier alpha value is -2.28. The molecule has 0 bridgehead atoms. The van der Waals surface area contributed by atoms with Crippen LogP contribution >= 0.6 is 0 Å². The number of hydrogen-bond acceptors (Lipinski definition) is 7. The molecule has 1 aromatic carbocycles. The zero-order valence-corrected chi connectivity index (χ0v) is 16.2. The molecule has 0 spiro atoms. The van der Waals surface area contributed by atoms with E-state index in [0.717, 1.165) is 10.5 Å². The second-order valence-corrected chi connectivity index (χ2v) is 8.54. The molecular formula is C18H22N4O6S. The van der Waals surface area contributed by atoms with E-state index in [2.05, 4.69) is 10.6 Å². The Bertz CT molecular complexity index is 1020. The van der Waals surface area contributed by atoms with E-state index in [1.54, 1.807) is 30.3 Å². The van der Waals surface area contributed by atoms with Crippen LogP contribution in [0.4, 0.5) is 0 Å². The van der Waals surface area contributed by atoms with Crippen LogP contribution in [0.5, 0.6) is 0 Å². The molecule has 11 heteroatoms. The van der Waals surface area contributed by atoms with Crippen molar-refractivity contribution >= 4 is 16.1 Å². The van der Waals surface area contributed by atoms with Crippen molar-refractivity contribution in [1.82, 2.24) is 14.6 Å². The lowest BCUT2D eigenvalue weighted by Crippen LogP contribution is -2.52. The molecule has 29 heavy (non-hydrogen) atoms. The highest BCUT2D eigenvalue weighted by atomic mass is 32.2. The van der Waals surface area contributed by atoms with Gasteiger partial charge in [-0.2, -0.15) is 8.42 Å². The Morgan fingerprint density at radius 2 is 1.93 bits per heavy atom. The number of carbonyl (C=O) groups excluding carboxylic acids is 1. The smallest absolute Gasteiger partial charge is 0.302 e. The van der Waals surface area contributed by atoms with Crippen molar-refractivity contribution in [3.8, 4) is 11.1 Å². The van der Waals surface area contributed by atoms with Gasteiger partial charge in [0.2, 0.25) is 0 Å². The van der Waals surface area contributed by atoms with Crippen LogP contribution in [-0.4, -0.2) is 60.0 Å². The standard InChI is InChI=1S/C18H22N4O6S/c19-29(26,27)22-8-6-12(15(22)16-18(25)28-16)10-1-3-11(4-2-10)17(24)21-13-5-7-20-9-14(13)23/h1-4,6,8,13-14,16,18,20,23,25H,5,7,9H2,(H,21,24)(H2,19,26,27). The van der Waals surface area contributed by atoms with E-state index in [9.17, 15) is 23.4 Å². The summed E-state index contributed by atoms with van der Waals surface area (Å²) >= 11 is 0. The molecule has 2 fully saturated rings. The molecule has 4 atom stereocenters. The van der Waals surface area contributed by atoms with E-state index < -0.39 is 28.7 Å². The normalized spacial score (nSPS) is 26.9. The van der Waals surface area contributed by atoms with E-state index in [1.807, 2.05) is 0 Å². The van der Waals surface area contributed by atoms with Crippen LogP contribution in [0.25, 0.3) is 11.1 Å². The summed E-state index contributed by atoms with van der Waals surface area (Å²) < 4.78 is 29.6. The number of carbonyl (C=O) groups is 1. The van der Waals surface area contributed by atoms with Crippen LogP contribution in [0.15, 0.2) is 36.5 Å². The van der Waals surface area contributed by atoms with Gasteiger partial charge in [-0.05, 0) is 36.7 Å². The fourth-order valence-corrected chi connectivity index (χ4v) is 4.25. The summed E-state index contributed by atoms with van der Waals surface area (Å²) in [5.74, 6) is -0.300. The average Bonchev–Trinajstić information content (AvgIpc) is 3.22. The molecule has 2 aliphatic rings. The van der Waals surface area contributed by atoms with Gasteiger partial charge in [0, 0.05) is 23.9 Å². The highest BCUT2D eigenvalue weighted by Gasteiger charge is 2.43. The first-order chi connectivity index (χ1) is 13.8. The molecule has 1 amide bonds. The summed E-state index contributed by atoms with van der Waals surface area (Å²) in [5.41, 5.74) is 1.81. The van der Waals surface area contributed by atoms with Gasteiger partial charge in [0.15, 0.2) is 12.4 Å². The molecule has 2 aliphatic heterocycles. The van der Waals surface area contributed by atoms with Gasteiger partial charge < -0.3 is 25.6 Å². The number of β-amino-alcohol motifs (C(OH)–C–C–N with tert-alkyl or cyclic N) is 1. The van der Waals surface area contributed by atoms with Crippen LogP contribution in [0.3, 0.4) is 0 Å². The van der Waals surface area contributed by atoms with Crippen LogP contribution in [-0.2, 0) is 14.9 Å². The summed E-state index contributed by atoms with van der Waals surface area (Å²) in [5, 5.41) is 30.7. The summed E-state index contributed by atoms with van der Waals surface area (Å²) in [6.45, 7) is 1.16. The van der Waals surface area contributed by atoms with Crippen molar-refractivity contribution in [3.63, 3.8) is 0 Å². The van der Waals surface area contributed by atoms with Crippen molar-refractivity contribution < 1.29 is 28.2 Å². The second kappa shape index (κ2) is 7.52. The van der Waals surface area contributed by atoms with E-state index in [-0.39, 0.29) is 17.6 Å². The monoisotopic (exact) mass is 422 g/mol. The fraction of sp³-hybridized carbons (Fsp3) is 0.389. The molecule has 2 aromatic rings. The second-order valence-electron chi connectivity index (χ2n) is 7.12. The Kier molecular flexibility index (Phi) is 5.19. The maximum atomic E-state index is 12.5. The highest BCUT2D eigenvalue weighted by molar-refractivity contribution is 7.87. The largest absolute Gasteiger partial charge is 0.390 e. The summed E-state index contributed by atoms with van der Waals surface area (Å²) in [6, 6.07) is 7.83. The average molecular weight is 422 g/mol. The van der Waals surface area contributed by atoms with Gasteiger partial charge in [0.05, 0.1) is 17.8 Å². The zero-order valence-electron chi connectivity index (χ0n) is 15.4. The molecule has 4 unspecified atom stereocenters. The lowest BCUT2D eigenvalue weighted by Gasteiger charge is -2.29. The molecule has 0 aliphatic carbocycles. The lowest BCUT2D eigenvalue weighted by molar-refractivity contribution is 0.0765. The lowest BCUT2D eigenvalue weighted by atomic mass is 10.0. The molecule has 0 saturated carbocycles. The first kappa shape index (κ1) is 20.0. The van der Waals surface area contributed by atoms with Gasteiger partial charge >= 0.3 is 10.2 Å². The molecule has 1 aromatic heterocycles. The maximum absolute atomic E-state index is 12.5. The minimum Gasteiger partial charge on any atom is -0.390 e. The molecular weight excluding hydrogens is 400 g/mol. The quantitative estimate of drug-likeness (QED) is 0.388. The van der Waals surface area contributed by atoms with Gasteiger partial charge in [-0.25, -0.2) is 9.11 Å². The number of aromatic nitrogens is 1. The number of rotatable bonds is 5. The minimum absolute atomic E-state index is 0.232. The van der Waals surface area contributed by atoms with Crippen LogP contribution in [0.1, 0.15) is 28.6 Å². The van der Waals surface area contributed by atoms with Crippen LogP contribution in [0.2, 0.25) is 0 Å². The first-order valence-corrected chi connectivity index (χ1v) is 10.6. The fourth-order valence-electron chi connectivity index (χ4n) is 3.54. The Morgan fingerprint density at radius 3 is 2.52 bits per heavy atom. The van der Waals surface area contributed by atoms with Crippen molar-refractivity contribution in [1.29, 1.82) is 0 Å². The number of aliphatic hydroxyl groups is 2. The van der Waals surface area contributed by atoms with Crippen molar-refractivity contribution in [3.05, 3.63) is 47.8 Å². The molecule has 6 N–H and O–H groups in total. The summed E-state index contributed by atoms with van der Waals surface area (Å²) in [7, 11) is -4.06. The number of ether oxygens (including phenoxy) is 1. The SMILES string of the molecule is NS(=O)(=O)n1ccc(-c2ccc(C(=O)NC3CCNCC3O)cc2)c1C1OC1O. The van der Waals surface area contributed by atoms with E-state index in [0.29, 0.717) is 29.7 Å². The van der Waals surface area contributed by atoms with E-state index >= 15 is 0 Å². The van der Waals surface area contributed by atoms with Gasteiger partial charge in [-0.3, -0.25) is 4.79 Å². The van der Waals surface area contributed by atoms with Crippen molar-refractivity contribution in [2.24, 2.45) is 5.14 Å². The number of nitrogens with two attached hydrogens (primary N) is 1. The number of nitrogens with zero attached hydrogens (tertiary/aromatic N) is 1. The highest BCUT2D eigenvalue weighted by Crippen LogP contribution is 2.42. The topological polar surface area (TPSA) is 159 Å². The number of hydrogen-bond donors (Lipinski definition) is 5. The van der Waals surface area contributed by atoms with E-state index in [4.69, 9.17) is 9.88 Å². The van der Waals surface area contributed by atoms with Gasteiger partial charge in [0.1, 0.15) is 0 Å². The third kappa shape index (κ3) is 4.06. The third-order valence-electron chi connectivity index (χ3n) is 5.13. The molecule has 0 radical (unpaired) electrons. The van der Waals surface area contributed by atoms with Gasteiger partial charge in [0.25, 0.3) is 5.91 Å². The summed E-state index contributed by atoms with van der Waals surface area (Å²) in [6.07, 6.45) is -0.585. The number of piperidine rings is 1. The predicted octanol–water partition coefficient (Wildman–Crippen LogP) is -0.951.